The van der Waals surface area contributed by atoms with Gasteiger partial charge in [-0.25, -0.2) is 0 Å². The van der Waals surface area contributed by atoms with Gasteiger partial charge in [-0.05, 0) is 57.6 Å². The maximum Gasteiger partial charge on any atom is 0.132 e. The Morgan fingerprint density at radius 2 is 0.650 bits per heavy atom. The lowest BCUT2D eigenvalue weighted by molar-refractivity contribution is 0.451. The first-order chi connectivity index (χ1) is 19.9. The number of hydrogen-bond donors (Lipinski definition) is 0. The molecule has 1 aliphatic carbocycles. The monoisotopic (exact) mass is 512 g/mol. The summed E-state index contributed by atoms with van der Waals surface area (Å²) in [5.74, 6) is 3.72. The Morgan fingerprint density at radius 3 is 1.12 bits per heavy atom. The Labute approximate surface area is 233 Å². The summed E-state index contributed by atoms with van der Waals surface area (Å²) in [5, 5.41) is 0. The molecule has 0 N–H and O–H groups in total. The molecule has 6 aromatic rings. The summed E-state index contributed by atoms with van der Waals surface area (Å²) in [6.45, 7) is 0. The molecule has 2 nitrogen and oxygen atoms in total. The lowest BCUT2D eigenvalue weighted by Crippen LogP contribution is -2.18. The van der Waals surface area contributed by atoms with Crippen LogP contribution in [-0.2, 0) is 0 Å². The van der Waals surface area contributed by atoms with Crippen molar-refractivity contribution < 1.29 is 9.47 Å². The molecule has 0 bridgehead atoms. The smallest absolute Gasteiger partial charge is 0.132 e. The maximum absolute atomic E-state index is 6.61. The van der Waals surface area contributed by atoms with Crippen LogP contribution in [0.4, 0.5) is 0 Å². The number of para-hydroxylation sites is 2. The van der Waals surface area contributed by atoms with E-state index in [9.17, 15) is 0 Å². The van der Waals surface area contributed by atoms with Gasteiger partial charge in [0.1, 0.15) is 23.0 Å². The number of rotatable bonds is 0. The first-order valence-electron chi connectivity index (χ1n) is 13.8. The minimum atomic E-state index is 0.0182. The van der Waals surface area contributed by atoms with Crippen LogP contribution in [0.2, 0.25) is 0 Å². The molecule has 2 unspecified atom stereocenters. The van der Waals surface area contributed by atoms with Crippen molar-refractivity contribution >= 4 is 0 Å². The molecule has 0 saturated heterocycles. The van der Waals surface area contributed by atoms with Crippen molar-refractivity contribution in [2.24, 2.45) is 0 Å². The lowest BCUT2D eigenvalue weighted by atomic mass is 9.71. The Balaban J connectivity index is 1.49. The highest BCUT2D eigenvalue weighted by Gasteiger charge is 2.38. The van der Waals surface area contributed by atoms with Crippen LogP contribution in [-0.4, -0.2) is 0 Å². The molecule has 2 atom stereocenters. The topological polar surface area (TPSA) is 18.5 Å². The summed E-state index contributed by atoms with van der Waals surface area (Å²) in [5.41, 5.74) is 12.3. The largest absolute Gasteiger partial charge is 0.457 e. The van der Waals surface area contributed by atoms with E-state index < -0.39 is 0 Å². The van der Waals surface area contributed by atoms with Crippen molar-refractivity contribution in [1.82, 2.24) is 0 Å². The molecule has 188 valence electrons. The molecule has 9 rings (SSSR count). The Hall–Kier alpha value is -5.08. The van der Waals surface area contributed by atoms with E-state index in [1.54, 1.807) is 0 Å². The van der Waals surface area contributed by atoms with E-state index in [1.165, 1.54) is 55.6 Å². The maximum atomic E-state index is 6.61. The molecule has 0 amide bonds. The summed E-state index contributed by atoms with van der Waals surface area (Å²) in [4.78, 5) is 0. The second-order valence-corrected chi connectivity index (χ2v) is 10.8. The third-order valence-electron chi connectivity index (χ3n) is 8.73. The van der Waals surface area contributed by atoms with Gasteiger partial charge in [0.05, 0.1) is 0 Å². The normalized spacial score (nSPS) is 16.9. The van der Waals surface area contributed by atoms with E-state index in [0.29, 0.717) is 0 Å². The highest BCUT2D eigenvalue weighted by molar-refractivity contribution is 5.85. The minimum Gasteiger partial charge on any atom is -0.457 e. The first-order valence-corrected chi connectivity index (χ1v) is 13.8. The van der Waals surface area contributed by atoms with Crippen molar-refractivity contribution in [3.63, 3.8) is 0 Å². The summed E-state index contributed by atoms with van der Waals surface area (Å²) < 4.78 is 13.2. The van der Waals surface area contributed by atoms with Crippen molar-refractivity contribution in [3.8, 4) is 45.3 Å². The number of fused-ring (bicyclic) bond motifs is 10. The van der Waals surface area contributed by atoms with E-state index in [0.717, 1.165) is 23.0 Å². The second kappa shape index (κ2) is 8.21. The molecule has 0 radical (unpaired) electrons. The molecule has 0 fully saturated rings. The van der Waals surface area contributed by atoms with E-state index in [4.69, 9.17) is 9.47 Å². The fourth-order valence-corrected chi connectivity index (χ4v) is 7.14. The zero-order chi connectivity index (χ0) is 26.2. The molecule has 40 heavy (non-hydrogen) atoms. The van der Waals surface area contributed by atoms with Gasteiger partial charge in [0, 0.05) is 34.1 Å². The summed E-state index contributed by atoms with van der Waals surface area (Å²) in [7, 11) is 0. The van der Waals surface area contributed by atoms with Crippen LogP contribution in [0.25, 0.3) is 22.3 Å². The lowest BCUT2D eigenvalue weighted by Gasteiger charge is -2.36. The molecule has 2 heterocycles. The molecular formula is C38H24O2. The fraction of sp³-hybridized carbons (Fsp3) is 0.0526. The van der Waals surface area contributed by atoms with Crippen molar-refractivity contribution in [1.29, 1.82) is 0 Å². The van der Waals surface area contributed by atoms with Crippen LogP contribution in [0.1, 0.15) is 45.2 Å². The van der Waals surface area contributed by atoms with Gasteiger partial charge in [-0.3, -0.25) is 0 Å². The SMILES string of the molecule is c1ccc2c(c1)Oc1cccc3c1C2c1ccccc1-c1cccc2c1C(c1ccccc1O2)c1ccccc1-3. The van der Waals surface area contributed by atoms with E-state index >= 15 is 0 Å². The molecule has 2 aliphatic heterocycles. The third kappa shape index (κ3) is 2.93. The first kappa shape index (κ1) is 21.8. The van der Waals surface area contributed by atoms with Crippen molar-refractivity contribution in [3.05, 3.63) is 167 Å². The van der Waals surface area contributed by atoms with Crippen molar-refractivity contribution in [2.45, 2.75) is 11.8 Å². The van der Waals surface area contributed by atoms with E-state index in [2.05, 4.69) is 133 Å². The molecule has 0 spiro atoms. The summed E-state index contributed by atoms with van der Waals surface area (Å²) >= 11 is 0. The van der Waals surface area contributed by atoms with Gasteiger partial charge in [0.25, 0.3) is 0 Å². The second-order valence-electron chi connectivity index (χ2n) is 10.8. The molecule has 0 aromatic heterocycles. The molecule has 0 saturated carbocycles. The van der Waals surface area contributed by atoms with Gasteiger partial charge in [0.15, 0.2) is 0 Å². The number of benzene rings is 6. The van der Waals surface area contributed by atoms with Crippen LogP contribution in [0, 0.1) is 0 Å². The van der Waals surface area contributed by atoms with Crippen molar-refractivity contribution in [2.75, 3.05) is 0 Å². The molecular weight excluding hydrogens is 488 g/mol. The van der Waals surface area contributed by atoms with Crippen LogP contribution in [0.3, 0.4) is 0 Å². The number of hydrogen-bond acceptors (Lipinski definition) is 2. The highest BCUT2D eigenvalue weighted by atomic mass is 16.5. The van der Waals surface area contributed by atoms with Gasteiger partial charge in [-0.15, -0.1) is 0 Å². The average Bonchev–Trinajstić information content (AvgIpc) is 3.02. The minimum absolute atomic E-state index is 0.0182. The molecule has 3 aliphatic rings. The quantitative estimate of drug-likeness (QED) is 0.201. The zero-order valence-corrected chi connectivity index (χ0v) is 21.7. The third-order valence-corrected chi connectivity index (χ3v) is 8.73. The molecule has 2 heteroatoms. The highest BCUT2D eigenvalue weighted by Crippen LogP contribution is 2.58. The Bertz CT molecular complexity index is 1840. The summed E-state index contributed by atoms with van der Waals surface area (Å²) in [6.07, 6.45) is 0. The average molecular weight is 513 g/mol. The van der Waals surface area contributed by atoms with E-state index in [1.807, 2.05) is 0 Å². The fourth-order valence-electron chi connectivity index (χ4n) is 7.14. The zero-order valence-electron chi connectivity index (χ0n) is 21.7. The van der Waals surface area contributed by atoms with Gasteiger partial charge >= 0.3 is 0 Å². The van der Waals surface area contributed by atoms with Crippen LogP contribution in [0.15, 0.2) is 133 Å². The van der Waals surface area contributed by atoms with Crippen LogP contribution < -0.4 is 9.47 Å². The van der Waals surface area contributed by atoms with Crippen LogP contribution in [0.5, 0.6) is 23.0 Å². The summed E-state index contributed by atoms with van der Waals surface area (Å²) in [6, 6.07) is 47.8. The van der Waals surface area contributed by atoms with Crippen LogP contribution >= 0.6 is 0 Å². The van der Waals surface area contributed by atoms with Gasteiger partial charge in [-0.1, -0.05) is 109 Å². The number of ether oxygens (including phenoxy) is 2. The standard InChI is InChI=1S/C38H24O2/c1-3-13-25-23(11-1)27-17-9-21-33-37(27)36(30-16-6-8-20-32(30)39-33)26-14-4-2-12-24(26)28-18-10-22-34-38(28)35(25)29-15-5-7-19-31(29)40-34/h1-22,35-36H. The van der Waals surface area contributed by atoms with Gasteiger partial charge in [0.2, 0.25) is 0 Å². The van der Waals surface area contributed by atoms with Gasteiger partial charge in [-0.2, -0.15) is 0 Å². The Kier molecular flexibility index (Phi) is 4.48. The molecule has 6 aromatic carbocycles. The van der Waals surface area contributed by atoms with E-state index in [-0.39, 0.29) is 11.8 Å². The predicted octanol–water partition coefficient (Wildman–Crippen LogP) is 9.91. The van der Waals surface area contributed by atoms with Gasteiger partial charge < -0.3 is 9.47 Å². The predicted molar refractivity (Wildman–Crippen MR) is 159 cm³/mol. The Morgan fingerprint density at radius 1 is 0.300 bits per heavy atom.